The molecular weight excluding hydrogens is 192 g/mol. The molecule has 1 saturated carbocycles. The normalized spacial score (nSPS) is 21.3. The van der Waals surface area contributed by atoms with Crippen molar-refractivity contribution < 1.29 is 27.5 Å². The second-order valence-corrected chi connectivity index (χ2v) is 3.16. The van der Waals surface area contributed by atoms with Gasteiger partial charge in [-0.1, -0.05) is 6.42 Å². The third kappa shape index (κ3) is 1.19. The molecule has 0 aromatic rings. The lowest BCUT2D eigenvalue weighted by Gasteiger charge is -2.42. The van der Waals surface area contributed by atoms with Crippen molar-refractivity contribution in [2.45, 2.75) is 31.6 Å². The zero-order valence-corrected chi connectivity index (χ0v) is 6.57. The Labute approximate surface area is 71.5 Å². The van der Waals surface area contributed by atoms with Gasteiger partial charge in [0.2, 0.25) is 0 Å². The molecule has 0 atom stereocenters. The van der Waals surface area contributed by atoms with Crippen LogP contribution in [0, 0.1) is 5.41 Å². The maximum atomic E-state index is 12.8. The highest BCUT2D eigenvalue weighted by atomic mass is 19.3. The Morgan fingerprint density at radius 2 is 1.85 bits per heavy atom. The number of aliphatic carboxylic acids is 1. The number of carboxylic acids is 1. The average Bonchev–Trinajstić information content (AvgIpc) is 1.81. The van der Waals surface area contributed by atoms with Crippen LogP contribution in [0.15, 0.2) is 0 Å². The van der Waals surface area contributed by atoms with Crippen molar-refractivity contribution in [2.75, 3.05) is 0 Å². The van der Waals surface area contributed by atoms with Gasteiger partial charge in [0.25, 0.3) is 0 Å². The predicted octanol–water partition coefficient (Wildman–Crippen LogP) is 2.14. The quantitative estimate of drug-likeness (QED) is 0.708. The fourth-order valence-electron chi connectivity index (χ4n) is 1.43. The first-order valence-electron chi connectivity index (χ1n) is 3.74. The molecule has 1 rings (SSSR count). The molecule has 0 spiro atoms. The molecule has 0 bridgehead atoms. The Morgan fingerprint density at radius 3 is 1.92 bits per heavy atom. The van der Waals surface area contributed by atoms with E-state index >= 15 is 0 Å². The first-order chi connectivity index (χ1) is 5.84. The van der Waals surface area contributed by atoms with Crippen LogP contribution in [0.3, 0.4) is 0 Å². The van der Waals surface area contributed by atoms with Crippen LogP contribution in [-0.2, 0) is 4.79 Å². The lowest BCUT2D eigenvalue weighted by atomic mass is 9.64. The summed E-state index contributed by atoms with van der Waals surface area (Å²) < 4.78 is 49.3. The first-order valence-corrected chi connectivity index (χ1v) is 3.74. The van der Waals surface area contributed by atoms with E-state index in [-0.39, 0.29) is 19.3 Å². The van der Waals surface area contributed by atoms with Gasteiger partial charge in [0.15, 0.2) is 0 Å². The van der Waals surface area contributed by atoms with Gasteiger partial charge in [-0.25, -0.2) is 8.78 Å². The monoisotopic (exact) mass is 200 g/mol. The Balaban J connectivity index is 2.94. The van der Waals surface area contributed by atoms with E-state index in [1.165, 1.54) is 0 Å². The fourth-order valence-corrected chi connectivity index (χ4v) is 1.43. The van der Waals surface area contributed by atoms with E-state index in [1.54, 1.807) is 0 Å². The van der Waals surface area contributed by atoms with Gasteiger partial charge in [0.1, 0.15) is 5.41 Å². The summed E-state index contributed by atoms with van der Waals surface area (Å²) in [6.07, 6.45) is -4.41. The zero-order valence-electron chi connectivity index (χ0n) is 6.57. The number of rotatable bonds is 3. The topological polar surface area (TPSA) is 37.3 Å². The van der Waals surface area contributed by atoms with E-state index in [1.807, 2.05) is 0 Å². The first kappa shape index (κ1) is 10.3. The number of carbonyl (C=O) groups is 1. The number of carboxylic acid groups (broad SMARTS) is 1. The van der Waals surface area contributed by atoms with Gasteiger partial charge >= 0.3 is 18.3 Å². The predicted molar refractivity (Wildman–Crippen MR) is 34.9 cm³/mol. The number of alkyl halides is 4. The van der Waals surface area contributed by atoms with Gasteiger partial charge in [0.05, 0.1) is 0 Å². The van der Waals surface area contributed by atoms with Crippen LogP contribution in [0.5, 0.6) is 0 Å². The molecule has 1 N–H and O–H groups in total. The van der Waals surface area contributed by atoms with Crippen molar-refractivity contribution >= 4 is 5.97 Å². The van der Waals surface area contributed by atoms with Gasteiger partial charge in [0, 0.05) is 0 Å². The minimum Gasteiger partial charge on any atom is -0.481 e. The van der Waals surface area contributed by atoms with E-state index in [0.717, 1.165) is 0 Å². The molecule has 13 heavy (non-hydrogen) atoms. The van der Waals surface area contributed by atoms with E-state index in [2.05, 4.69) is 0 Å². The highest BCUT2D eigenvalue weighted by molar-refractivity contribution is 5.77. The van der Waals surface area contributed by atoms with Crippen LogP contribution in [0.25, 0.3) is 0 Å². The molecule has 0 saturated heterocycles. The van der Waals surface area contributed by atoms with Crippen LogP contribution in [0.4, 0.5) is 17.6 Å². The molecule has 1 aliphatic rings. The molecular formula is C7H8F4O2. The fraction of sp³-hybridized carbons (Fsp3) is 0.857. The molecule has 76 valence electrons. The molecule has 0 unspecified atom stereocenters. The van der Waals surface area contributed by atoms with Crippen LogP contribution in [-0.4, -0.2) is 23.4 Å². The van der Waals surface area contributed by atoms with E-state index < -0.39 is 23.7 Å². The van der Waals surface area contributed by atoms with Crippen LogP contribution < -0.4 is 0 Å². The highest BCUT2D eigenvalue weighted by Crippen LogP contribution is 2.54. The molecule has 0 aliphatic heterocycles. The second-order valence-electron chi connectivity index (χ2n) is 3.16. The second kappa shape index (κ2) is 2.85. The summed E-state index contributed by atoms with van der Waals surface area (Å²) in [6, 6.07) is 0. The Kier molecular flexibility index (Phi) is 2.25. The molecule has 0 aromatic carbocycles. The lowest BCUT2D eigenvalue weighted by Crippen LogP contribution is -2.56. The third-order valence-electron chi connectivity index (χ3n) is 2.53. The summed E-state index contributed by atoms with van der Waals surface area (Å²) in [5, 5.41) is 8.45. The zero-order chi connectivity index (χ0) is 10.3. The summed E-state index contributed by atoms with van der Waals surface area (Å²) in [5.41, 5.74) is -2.53. The van der Waals surface area contributed by atoms with Crippen LogP contribution >= 0.6 is 0 Å². The van der Waals surface area contributed by atoms with Gasteiger partial charge in [-0.15, -0.1) is 0 Å². The van der Waals surface area contributed by atoms with Crippen molar-refractivity contribution in [1.29, 1.82) is 0 Å². The Morgan fingerprint density at radius 1 is 1.38 bits per heavy atom. The largest absolute Gasteiger partial charge is 0.481 e. The molecule has 6 heteroatoms. The summed E-state index contributed by atoms with van der Waals surface area (Å²) >= 11 is 0. The van der Waals surface area contributed by atoms with E-state index in [0.29, 0.717) is 0 Å². The van der Waals surface area contributed by atoms with Gasteiger partial charge in [-0.2, -0.15) is 8.78 Å². The van der Waals surface area contributed by atoms with Crippen molar-refractivity contribution in [3.8, 4) is 0 Å². The van der Waals surface area contributed by atoms with Crippen molar-refractivity contribution in [2.24, 2.45) is 5.41 Å². The minimum absolute atomic E-state index is 0.259. The maximum Gasteiger partial charge on any atom is 0.323 e. The highest BCUT2D eigenvalue weighted by Gasteiger charge is 2.67. The van der Waals surface area contributed by atoms with E-state index in [4.69, 9.17) is 5.11 Å². The molecule has 0 radical (unpaired) electrons. The molecule has 2 nitrogen and oxygen atoms in total. The Hall–Kier alpha value is -0.810. The summed E-state index contributed by atoms with van der Waals surface area (Å²) in [6.45, 7) is 0. The van der Waals surface area contributed by atoms with Crippen LogP contribution in [0.2, 0.25) is 0 Å². The third-order valence-corrected chi connectivity index (χ3v) is 2.53. The SMILES string of the molecule is O=C(O)C1(C(F)(F)C(F)F)CCC1. The molecule has 1 aliphatic carbocycles. The summed E-state index contributed by atoms with van der Waals surface area (Å²) in [4.78, 5) is 10.4. The summed E-state index contributed by atoms with van der Waals surface area (Å²) in [7, 11) is 0. The molecule has 0 amide bonds. The van der Waals surface area contributed by atoms with E-state index in [9.17, 15) is 22.4 Å². The molecule has 0 heterocycles. The maximum absolute atomic E-state index is 12.8. The van der Waals surface area contributed by atoms with Gasteiger partial charge in [-0.3, -0.25) is 4.79 Å². The van der Waals surface area contributed by atoms with Crippen molar-refractivity contribution in [3.63, 3.8) is 0 Å². The van der Waals surface area contributed by atoms with Crippen molar-refractivity contribution in [1.82, 2.24) is 0 Å². The van der Waals surface area contributed by atoms with Crippen LogP contribution in [0.1, 0.15) is 19.3 Å². The average molecular weight is 200 g/mol. The van der Waals surface area contributed by atoms with Crippen molar-refractivity contribution in [3.05, 3.63) is 0 Å². The smallest absolute Gasteiger partial charge is 0.323 e. The minimum atomic E-state index is -4.42. The standard InChI is InChI=1S/C7H8F4O2/c8-4(9)7(10,11)6(5(12)13)2-1-3-6/h4H,1-3H2,(H,12,13). The Bertz CT molecular complexity index is 223. The lowest BCUT2D eigenvalue weighted by molar-refractivity contribution is -0.238. The van der Waals surface area contributed by atoms with Gasteiger partial charge in [-0.05, 0) is 12.8 Å². The molecule has 0 aromatic heterocycles. The number of halogens is 4. The number of hydrogen-bond donors (Lipinski definition) is 1. The van der Waals surface area contributed by atoms with Gasteiger partial charge < -0.3 is 5.11 Å². The number of hydrogen-bond acceptors (Lipinski definition) is 1. The molecule has 1 fully saturated rings. The summed E-state index contributed by atoms with van der Waals surface area (Å²) in [5.74, 6) is -6.25.